The first-order chi connectivity index (χ1) is 13.2. The second kappa shape index (κ2) is 9.31. The molecule has 0 unspecified atom stereocenters. The average molecular weight is 416 g/mol. The molecular weight excluding hydrogens is 401 g/mol. The Morgan fingerprint density at radius 2 is 1.89 bits per heavy atom. The molecule has 11 heteroatoms. The third kappa shape index (κ3) is 5.78. The summed E-state index contributed by atoms with van der Waals surface area (Å²) in [7, 11) is 1.48. The Hall–Kier alpha value is -2.95. The molecule has 0 aliphatic heterocycles. The summed E-state index contributed by atoms with van der Waals surface area (Å²) >= 11 is 0.433. The highest BCUT2D eigenvalue weighted by molar-refractivity contribution is 8.13. The molecule has 0 atom stereocenters. The van der Waals surface area contributed by atoms with Crippen molar-refractivity contribution in [2.45, 2.75) is 11.1 Å². The number of nitro benzene ring substituents is 1. The zero-order valence-corrected chi connectivity index (χ0v) is 15.3. The van der Waals surface area contributed by atoms with Crippen LogP contribution in [0.15, 0.2) is 47.4 Å². The minimum atomic E-state index is -4.72. The summed E-state index contributed by atoms with van der Waals surface area (Å²) in [5.74, 6) is 0.994. The second-order valence-corrected chi connectivity index (χ2v) is 6.27. The first-order valence-corrected chi connectivity index (χ1v) is 8.61. The summed E-state index contributed by atoms with van der Waals surface area (Å²) in [6.45, 7) is 0.181. The Bertz CT molecular complexity index is 861. The number of para-hydroxylation sites is 2. The van der Waals surface area contributed by atoms with E-state index in [9.17, 15) is 28.1 Å². The summed E-state index contributed by atoms with van der Waals surface area (Å²) in [6.07, 6.45) is -4.72. The Morgan fingerprint density at radius 1 is 1.21 bits per heavy atom. The molecule has 0 spiro atoms. The van der Waals surface area contributed by atoms with E-state index in [4.69, 9.17) is 9.47 Å². The van der Waals surface area contributed by atoms with Crippen LogP contribution >= 0.6 is 11.8 Å². The van der Waals surface area contributed by atoms with Gasteiger partial charge in [-0.15, -0.1) is 0 Å². The lowest BCUT2D eigenvalue weighted by atomic mass is 10.2. The highest BCUT2D eigenvalue weighted by Gasteiger charge is 2.33. The normalized spacial score (nSPS) is 11.0. The van der Waals surface area contributed by atoms with E-state index in [-0.39, 0.29) is 18.0 Å². The molecule has 150 valence electrons. The number of methoxy groups -OCH3 is 1. The van der Waals surface area contributed by atoms with Crippen molar-refractivity contribution in [3.05, 3.63) is 58.1 Å². The number of thioether (sulfide) groups is 1. The number of nitrogens with one attached hydrogen (secondary N) is 1. The van der Waals surface area contributed by atoms with Gasteiger partial charge in [0, 0.05) is 6.07 Å². The van der Waals surface area contributed by atoms with Crippen LogP contribution in [-0.4, -0.2) is 30.4 Å². The molecule has 7 nitrogen and oxygen atoms in total. The quantitative estimate of drug-likeness (QED) is 0.309. The van der Waals surface area contributed by atoms with Gasteiger partial charge in [0.15, 0.2) is 11.5 Å². The largest absolute Gasteiger partial charge is 0.493 e. The first kappa shape index (κ1) is 21.4. The topological polar surface area (TPSA) is 90.7 Å². The van der Waals surface area contributed by atoms with Crippen LogP contribution in [0.3, 0.4) is 0 Å². The van der Waals surface area contributed by atoms with E-state index in [0.29, 0.717) is 35.4 Å². The molecule has 0 heterocycles. The Labute approximate surface area is 162 Å². The molecule has 2 rings (SSSR count). The highest BCUT2D eigenvalue weighted by Crippen LogP contribution is 2.36. The maximum atomic E-state index is 12.7. The summed E-state index contributed by atoms with van der Waals surface area (Å²) in [6, 6.07) is 8.88. The van der Waals surface area contributed by atoms with Crippen LogP contribution < -0.4 is 14.8 Å². The number of halogens is 3. The van der Waals surface area contributed by atoms with Crippen LogP contribution in [0.2, 0.25) is 0 Å². The zero-order valence-electron chi connectivity index (χ0n) is 14.5. The zero-order chi connectivity index (χ0) is 20.7. The third-order valence-electron chi connectivity index (χ3n) is 3.38. The average Bonchev–Trinajstić information content (AvgIpc) is 2.64. The minimum Gasteiger partial charge on any atom is -0.493 e. The number of alkyl halides is 3. The summed E-state index contributed by atoms with van der Waals surface area (Å²) in [5, 5.41) is 12.8. The number of hydrogen-bond donors (Lipinski definition) is 1. The van der Waals surface area contributed by atoms with Crippen LogP contribution in [0.5, 0.6) is 11.5 Å². The number of amides is 1. The molecule has 1 amide bonds. The van der Waals surface area contributed by atoms with E-state index >= 15 is 0 Å². The van der Waals surface area contributed by atoms with Crippen molar-refractivity contribution in [3.63, 3.8) is 0 Å². The molecule has 0 radical (unpaired) electrons. The van der Waals surface area contributed by atoms with E-state index in [0.717, 1.165) is 6.07 Å². The number of nitrogens with zero attached hydrogens (tertiary/aromatic N) is 1. The van der Waals surface area contributed by atoms with Gasteiger partial charge in [-0.1, -0.05) is 12.1 Å². The van der Waals surface area contributed by atoms with Gasteiger partial charge in [-0.3, -0.25) is 14.9 Å². The van der Waals surface area contributed by atoms with Gasteiger partial charge in [0.2, 0.25) is 0 Å². The van der Waals surface area contributed by atoms with Gasteiger partial charge < -0.3 is 14.8 Å². The van der Waals surface area contributed by atoms with Gasteiger partial charge >= 0.3 is 6.18 Å². The van der Waals surface area contributed by atoms with Crippen molar-refractivity contribution in [3.8, 4) is 11.5 Å². The second-order valence-electron chi connectivity index (χ2n) is 5.25. The Kier molecular flexibility index (Phi) is 7.10. The smallest absolute Gasteiger partial charge is 0.416 e. The molecule has 0 bridgehead atoms. The molecule has 0 aliphatic carbocycles. The summed E-state index contributed by atoms with van der Waals surface area (Å²) in [5.41, 5.74) is -1.95. The SMILES string of the molecule is COc1ccccc1OCCNC(=O)Sc1ccc(C(F)(F)F)cc1[N+](=O)[O-]. The van der Waals surface area contributed by atoms with Crippen molar-refractivity contribution in [2.24, 2.45) is 0 Å². The van der Waals surface area contributed by atoms with Crippen LogP contribution in [0.4, 0.5) is 23.7 Å². The molecule has 1 N–H and O–H groups in total. The van der Waals surface area contributed by atoms with E-state index in [1.807, 2.05) is 0 Å². The molecular formula is C17H15F3N2O5S. The Balaban J connectivity index is 1.93. The maximum Gasteiger partial charge on any atom is 0.416 e. The molecule has 0 saturated carbocycles. The number of nitro groups is 1. The molecule has 28 heavy (non-hydrogen) atoms. The van der Waals surface area contributed by atoms with Crippen molar-refractivity contribution in [1.29, 1.82) is 0 Å². The molecule has 0 aliphatic rings. The van der Waals surface area contributed by atoms with E-state index in [1.165, 1.54) is 7.11 Å². The van der Waals surface area contributed by atoms with Crippen LogP contribution in [-0.2, 0) is 6.18 Å². The monoisotopic (exact) mass is 416 g/mol. The Morgan fingerprint density at radius 3 is 2.50 bits per heavy atom. The van der Waals surface area contributed by atoms with Crippen LogP contribution in [0.1, 0.15) is 5.56 Å². The highest BCUT2D eigenvalue weighted by atomic mass is 32.2. The van der Waals surface area contributed by atoms with Gasteiger partial charge in [0.05, 0.1) is 29.0 Å². The van der Waals surface area contributed by atoms with Gasteiger partial charge in [0.1, 0.15) is 6.61 Å². The summed E-state index contributed by atoms with van der Waals surface area (Å²) < 4.78 is 48.7. The van der Waals surface area contributed by atoms with E-state index in [1.54, 1.807) is 24.3 Å². The van der Waals surface area contributed by atoms with Crippen molar-refractivity contribution < 1.29 is 32.4 Å². The lowest BCUT2D eigenvalue weighted by molar-refractivity contribution is -0.388. The van der Waals surface area contributed by atoms with E-state index < -0.39 is 27.6 Å². The fourth-order valence-electron chi connectivity index (χ4n) is 2.11. The van der Waals surface area contributed by atoms with E-state index in [2.05, 4.69) is 5.32 Å². The number of hydrogen-bond acceptors (Lipinski definition) is 6. The molecule has 2 aromatic carbocycles. The molecule has 2 aromatic rings. The van der Waals surface area contributed by atoms with Crippen molar-refractivity contribution in [1.82, 2.24) is 5.32 Å². The number of carbonyl (C=O) groups excluding carboxylic acids is 1. The number of ether oxygens (including phenoxy) is 2. The first-order valence-electron chi connectivity index (χ1n) is 7.79. The van der Waals surface area contributed by atoms with Gasteiger partial charge in [-0.2, -0.15) is 13.2 Å². The molecule has 0 aromatic heterocycles. The van der Waals surface area contributed by atoms with Crippen LogP contribution in [0.25, 0.3) is 0 Å². The van der Waals surface area contributed by atoms with Gasteiger partial charge in [-0.05, 0) is 36.0 Å². The number of carbonyl (C=O) groups is 1. The predicted octanol–water partition coefficient (Wildman–Crippen LogP) is 4.50. The van der Waals surface area contributed by atoms with Crippen molar-refractivity contribution >= 4 is 22.7 Å². The molecule has 0 saturated heterocycles. The predicted molar refractivity (Wildman–Crippen MR) is 95.8 cm³/mol. The van der Waals surface area contributed by atoms with Crippen LogP contribution in [0, 0.1) is 10.1 Å². The molecule has 0 fully saturated rings. The maximum absolute atomic E-state index is 12.7. The standard InChI is InChI=1S/C17H15F3N2O5S/c1-26-13-4-2-3-5-14(13)27-9-8-21-16(23)28-15-7-6-11(17(18,19)20)10-12(15)22(24)25/h2-7,10H,8-9H2,1H3,(H,21,23). The number of rotatable bonds is 7. The fourth-order valence-corrected chi connectivity index (χ4v) is 2.86. The van der Waals surface area contributed by atoms with Gasteiger partial charge in [0.25, 0.3) is 10.9 Å². The fraction of sp³-hybridized carbons (Fsp3) is 0.235. The van der Waals surface area contributed by atoms with Gasteiger partial charge in [-0.25, -0.2) is 0 Å². The lowest BCUT2D eigenvalue weighted by Gasteiger charge is -2.11. The minimum absolute atomic E-state index is 0.0817. The van der Waals surface area contributed by atoms with Crippen molar-refractivity contribution in [2.75, 3.05) is 20.3 Å². The third-order valence-corrected chi connectivity index (χ3v) is 4.28. The lowest BCUT2D eigenvalue weighted by Crippen LogP contribution is -2.24. The summed E-state index contributed by atoms with van der Waals surface area (Å²) in [4.78, 5) is 21.8. The number of benzene rings is 2.